The van der Waals surface area contributed by atoms with E-state index in [1.54, 1.807) is 32.0 Å². The van der Waals surface area contributed by atoms with Gasteiger partial charge in [0.15, 0.2) is 28.8 Å². The highest BCUT2D eigenvalue weighted by Crippen LogP contribution is 2.56. The first-order valence-corrected chi connectivity index (χ1v) is 16.4. The van der Waals surface area contributed by atoms with E-state index >= 15 is 0 Å². The lowest BCUT2D eigenvalue weighted by molar-refractivity contribution is -0.131. The zero-order chi connectivity index (χ0) is 35.8. The van der Waals surface area contributed by atoms with Crippen molar-refractivity contribution in [2.24, 2.45) is 5.92 Å². The first-order chi connectivity index (χ1) is 23.3. The fraction of sp³-hybridized carbons (Fsp3) is 0.486. The number of allylic oxidation sites excluding steroid dienone is 1. The summed E-state index contributed by atoms with van der Waals surface area (Å²) in [5.74, 6) is -3.75. The number of aliphatic hydroxyl groups is 1. The molecule has 2 aliphatic heterocycles. The molecule has 0 saturated carbocycles. The number of phenols is 1. The van der Waals surface area contributed by atoms with Crippen LogP contribution >= 0.6 is 11.6 Å². The summed E-state index contributed by atoms with van der Waals surface area (Å²) < 4.78 is 22.5. The van der Waals surface area contributed by atoms with Gasteiger partial charge in [-0.05, 0) is 24.1 Å². The number of hydrogen-bond donors (Lipinski definition) is 2. The summed E-state index contributed by atoms with van der Waals surface area (Å²) in [5, 5.41) is 22.5. The summed E-state index contributed by atoms with van der Waals surface area (Å²) in [7, 11) is 7.53. The van der Waals surface area contributed by atoms with Crippen molar-refractivity contribution < 1.29 is 48.3 Å². The molecule has 0 aromatic heterocycles. The molecule has 264 valence electrons. The molecular formula is C35H42ClN3O10. The van der Waals surface area contributed by atoms with Gasteiger partial charge in [0.2, 0.25) is 23.2 Å². The number of ether oxygens (including phenoxy) is 4. The Kier molecular flexibility index (Phi) is 10.3. The van der Waals surface area contributed by atoms with Crippen molar-refractivity contribution >= 4 is 35.0 Å². The highest BCUT2D eigenvalue weighted by atomic mass is 35.5. The fourth-order valence-electron chi connectivity index (χ4n) is 6.85. The number of methoxy groups -OCH3 is 3. The molecule has 3 unspecified atom stereocenters. The number of amides is 2. The molecule has 2 aromatic rings. The molecule has 1 aliphatic carbocycles. The molecule has 13 nitrogen and oxygen atoms in total. The van der Waals surface area contributed by atoms with Gasteiger partial charge in [-0.3, -0.25) is 24.1 Å². The van der Waals surface area contributed by atoms with Crippen LogP contribution in [0.5, 0.6) is 28.7 Å². The van der Waals surface area contributed by atoms with Gasteiger partial charge in [0.05, 0.1) is 27.9 Å². The van der Waals surface area contributed by atoms with Crippen molar-refractivity contribution in [1.29, 1.82) is 0 Å². The van der Waals surface area contributed by atoms with Crippen molar-refractivity contribution in [3.8, 4) is 28.7 Å². The van der Waals surface area contributed by atoms with E-state index in [0.717, 1.165) is 0 Å². The molecule has 2 aromatic carbocycles. The van der Waals surface area contributed by atoms with Crippen LogP contribution < -0.4 is 18.9 Å². The van der Waals surface area contributed by atoms with Gasteiger partial charge < -0.3 is 39.0 Å². The molecule has 0 bridgehead atoms. The van der Waals surface area contributed by atoms with E-state index in [1.807, 2.05) is 4.90 Å². The maximum atomic E-state index is 14.4. The van der Waals surface area contributed by atoms with Crippen LogP contribution in [0.4, 0.5) is 0 Å². The van der Waals surface area contributed by atoms with Crippen LogP contribution in [0.15, 0.2) is 35.6 Å². The molecule has 1 spiro atoms. The number of phenolic OH excluding ortho intramolecular Hbond substituents is 1. The lowest BCUT2D eigenvalue weighted by atomic mass is 9.69. The monoisotopic (exact) mass is 699 g/mol. The minimum atomic E-state index is -2.04. The molecule has 0 radical (unpaired) electrons. The second-order valence-electron chi connectivity index (χ2n) is 12.7. The normalized spacial score (nSPS) is 21.6. The molecule has 3 atom stereocenters. The number of halogens is 1. The third-order valence-corrected chi connectivity index (χ3v) is 10.0. The molecule has 3 aliphatic rings. The third-order valence-electron chi connectivity index (χ3n) is 9.64. The van der Waals surface area contributed by atoms with E-state index in [0.29, 0.717) is 38.2 Å². The van der Waals surface area contributed by atoms with E-state index in [-0.39, 0.29) is 76.1 Å². The van der Waals surface area contributed by atoms with E-state index < -0.39 is 34.8 Å². The van der Waals surface area contributed by atoms with Gasteiger partial charge in [-0.2, -0.15) is 0 Å². The Labute approximate surface area is 289 Å². The first kappa shape index (κ1) is 35.8. The number of rotatable bonds is 9. The van der Waals surface area contributed by atoms with Crippen molar-refractivity contribution in [1.82, 2.24) is 14.7 Å². The zero-order valence-corrected chi connectivity index (χ0v) is 29.3. The molecule has 14 heteroatoms. The highest BCUT2D eigenvalue weighted by Gasteiger charge is 2.61. The summed E-state index contributed by atoms with van der Waals surface area (Å²) in [6.07, 6.45) is 0.193. The summed E-state index contributed by atoms with van der Waals surface area (Å²) in [6, 6.07) is 5.87. The second-order valence-corrected chi connectivity index (χ2v) is 13.1. The van der Waals surface area contributed by atoms with Crippen LogP contribution in [0.3, 0.4) is 0 Å². The number of carbonyl (C=O) groups is 4. The number of hydrogen-bond acceptors (Lipinski definition) is 11. The summed E-state index contributed by atoms with van der Waals surface area (Å²) >= 11 is 6.61. The number of aromatic hydroxyl groups is 1. The van der Waals surface area contributed by atoms with Gasteiger partial charge in [0.25, 0.3) is 0 Å². The summed E-state index contributed by atoms with van der Waals surface area (Å²) in [6.45, 7) is 3.74. The van der Waals surface area contributed by atoms with E-state index in [2.05, 4.69) is 0 Å². The number of Topliss-reactive ketones (excluding diaryl/α,β-unsaturated/α-hetero) is 2. The van der Waals surface area contributed by atoms with Gasteiger partial charge in [-0.15, -0.1) is 0 Å². The number of ketones is 2. The molecule has 1 saturated heterocycles. The second kappa shape index (κ2) is 14.2. The molecule has 2 N–H and O–H groups in total. The first-order valence-electron chi connectivity index (χ1n) is 16.0. The number of benzene rings is 2. The van der Waals surface area contributed by atoms with Crippen LogP contribution in [0.25, 0.3) is 0 Å². The van der Waals surface area contributed by atoms with Gasteiger partial charge >= 0.3 is 0 Å². The molecule has 1 fully saturated rings. The van der Waals surface area contributed by atoms with E-state index in [9.17, 15) is 29.4 Å². The average Bonchev–Trinajstić information content (AvgIpc) is 3.20. The van der Waals surface area contributed by atoms with Crippen LogP contribution in [-0.2, 0) is 14.4 Å². The topological polar surface area (TPSA) is 155 Å². The average molecular weight is 700 g/mol. The van der Waals surface area contributed by atoms with Gasteiger partial charge in [0, 0.05) is 76.6 Å². The fourth-order valence-corrected chi connectivity index (χ4v) is 7.12. The van der Waals surface area contributed by atoms with Gasteiger partial charge in [0.1, 0.15) is 22.1 Å². The Balaban J connectivity index is 1.57. The minimum Gasteiger partial charge on any atom is -0.507 e. The van der Waals surface area contributed by atoms with Crippen LogP contribution in [0.1, 0.15) is 48.0 Å². The predicted octanol–water partition coefficient (Wildman–Crippen LogP) is 3.60. The molecule has 49 heavy (non-hydrogen) atoms. The molecule has 2 amide bonds. The van der Waals surface area contributed by atoms with Crippen LogP contribution in [0, 0.1) is 5.92 Å². The van der Waals surface area contributed by atoms with Crippen LogP contribution in [0.2, 0.25) is 5.02 Å². The van der Waals surface area contributed by atoms with E-state index in [4.69, 9.17) is 30.5 Å². The number of nitrogens with zero attached hydrogens (tertiary/aromatic N) is 3. The quantitative estimate of drug-likeness (QED) is 0.395. The standard InChI is InChI=1S/C35H42ClN3O10/c1-19-14-23(41)29(33(44)35(19)34(45)30-25(47-5)17-26(48-6)31(36)32(30)49-35)21(20-8-9-22(40)24(15-20)46-4)16-27(42)39-11-7-10-38(12-13-39)18-28(43)37(2)3/h8-9,15,17,19,21,40,44H,7,10-14,16,18H2,1-6H3. The Hall–Kier alpha value is -4.49. The van der Waals surface area contributed by atoms with Crippen molar-refractivity contribution in [2.45, 2.75) is 37.7 Å². The lowest BCUT2D eigenvalue weighted by Gasteiger charge is -2.39. The minimum absolute atomic E-state index is 0.000497. The zero-order valence-electron chi connectivity index (χ0n) is 28.5. The Morgan fingerprint density at radius 1 is 1.02 bits per heavy atom. The molecule has 2 heterocycles. The Morgan fingerprint density at radius 3 is 2.37 bits per heavy atom. The largest absolute Gasteiger partial charge is 0.507 e. The number of fused-ring (bicyclic) bond motifs is 1. The van der Waals surface area contributed by atoms with Crippen molar-refractivity contribution in [3.05, 3.63) is 51.7 Å². The number of likely N-dealkylation sites (N-methyl/N-ethyl adjacent to an activating group) is 1. The number of aliphatic hydroxyl groups excluding tert-OH is 1. The Morgan fingerprint density at radius 2 is 1.71 bits per heavy atom. The molecule has 5 rings (SSSR count). The number of carbonyl (C=O) groups excluding carboxylic acids is 4. The maximum Gasteiger partial charge on any atom is 0.236 e. The summed E-state index contributed by atoms with van der Waals surface area (Å²) in [4.78, 5) is 59.9. The predicted molar refractivity (Wildman–Crippen MR) is 179 cm³/mol. The van der Waals surface area contributed by atoms with Crippen molar-refractivity contribution in [2.75, 3.05) is 68.1 Å². The molecular weight excluding hydrogens is 658 g/mol. The van der Waals surface area contributed by atoms with Crippen molar-refractivity contribution in [3.63, 3.8) is 0 Å². The SMILES string of the molecule is COc1cc(C(CC(=O)N2CCCN(CC(=O)N(C)C)CC2)C2=C(O)C3(Oc4c(Cl)c(OC)cc(OC)c4C3=O)C(C)CC2=O)ccc1O. The Bertz CT molecular complexity index is 1710. The van der Waals surface area contributed by atoms with Crippen LogP contribution in [-0.4, -0.2) is 122 Å². The summed E-state index contributed by atoms with van der Waals surface area (Å²) in [5.41, 5.74) is -1.80. The smallest absolute Gasteiger partial charge is 0.236 e. The van der Waals surface area contributed by atoms with Gasteiger partial charge in [-0.1, -0.05) is 24.6 Å². The van der Waals surface area contributed by atoms with E-state index in [1.165, 1.54) is 44.4 Å². The maximum absolute atomic E-state index is 14.4. The highest BCUT2D eigenvalue weighted by molar-refractivity contribution is 6.35. The van der Waals surface area contributed by atoms with Gasteiger partial charge in [-0.25, -0.2) is 0 Å². The third kappa shape index (κ3) is 6.37. The lowest BCUT2D eigenvalue weighted by Crippen LogP contribution is -2.53.